The molecule has 0 spiro atoms. The van der Waals surface area contributed by atoms with Crippen molar-refractivity contribution in [1.29, 1.82) is 0 Å². The number of halogens is 2. The van der Waals surface area contributed by atoms with Gasteiger partial charge in [-0.05, 0) is 30.3 Å². The van der Waals surface area contributed by atoms with Gasteiger partial charge in [-0.15, -0.1) is 0 Å². The second-order valence-electron chi connectivity index (χ2n) is 8.43. The highest BCUT2D eigenvalue weighted by Gasteiger charge is 2.23. The third kappa shape index (κ3) is 5.66. The lowest BCUT2D eigenvalue weighted by atomic mass is 10.2. The van der Waals surface area contributed by atoms with E-state index in [1.165, 1.54) is 46.0 Å². The third-order valence-electron chi connectivity index (χ3n) is 6.22. The van der Waals surface area contributed by atoms with Gasteiger partial charge < -0.3 is 10.2 Å². The average molecular weight is 538 g/mol. The van der Waals surface area contributed by atoms with Crippen molar-refractivity contribution >= 4 is 42.6 Å². The van der Waals surface area contributed by atoms with E-state index >= 15 is 0 Å². The van der Waals surface area contributed by atoms with Crippen LogP contribution in [0, 0.1) is 11.6 Å². The number of thiazole rings is 1. The lowest BCUT2D eigenvalue weighted by Gasteiger charge is -2.34. The molecule has 2 aromatic carbocycles. The number of aromatic nitrogens is 1. The fourth-order valence-electron chi connectivity index (χ4n) is 4.16. The maximum absolute atomic E-state index is 14.0. The quantitative estimate of drug-likeness (QED) is 0.452. The zero-order valence-electron chi connectivity index (χ0n) is 20.2. The Balaban J connectivity index is 1.25. The number of hydrogen-bond acceptors (Lipinski definition) is 7. The van der Waals surface area contributed by atoms with E-state index in [2.05, 4.69) is 20.1 Å². The standard InChI is InChI=1S/C24H29F2N5O3S2/c1-3-31(4-2)36(33,34)19-7-5-17(6-8-19)23(32)27-9-10-29-11-13-30(14-12-29)24-28-22-20(26)15-18(25)16-21(22)35-24/h5-8,15-16H,3-4,9-14H2,1-2H3,(H,27,32). The van der Waals surface area contributed by atoms with Crippen molar-refractivity contribution in [3.05, 3.63) is 53.6 Å². The van der Waals surface area contributed by atoms with Crippen molar-refractivity contribution in [3.8, 4) is 0 Å². The zero-order valence-corrected chi connectivity index (χ0v) is 21.8. The van der Waals surface area contributed by atoms with Crippen molar-refractivity contribution in [3.63, 3.8) is 0 Å². The minimum Gasteiger partial charge on any atom is -0.351 e. The molecule has 0 aliphatic carbocycles. The number of piperazine rings is 1. The minimum atomic E-state index is -3.56. The number of nitrogens with zero attached hydrogens (tertiary/aromatic N) is 4. The predicted octanol–water partition coefficient (Wildman–Crippen LogP) is 3.16. The molecule has 3 aromatic rings. The van der Waals surface area contributed by atoms with E-state index in [4.69, 9.17) is 0 Å². The van der Waals surface area contributed by atoms with E-state index in [1.807, 2.05) is 0 Å². The topological polar surface area (TPSA) is 85.8 Å². The summed E-state index contributed by atoms with van der Waals surface area (Å²) in [5.41, 5.74) is 0.595. The fraction of sp³-hybridized carbons (Fsp3) is 0.417. The molecule has 1 aliphatic rings. The highest BCUT2D eigenvalue weighted by Crippen LogP contribution is 2.31. The van der Waals surface area contributed by atoms with Crippen LogP contribution in [0.15, 0.2) is 41.3 Å². The molecule has 0 bridgehead atoms. The van der Waals surface area contributed by atoms with Gasteiger partial charge in [0.1, 0.15) is 11.3 Å². The number of carbonyl (C=O) groups excluding carboxylic acids is 1. The summed E-state index contributed by atoms with van der Waals surface area (Å²) in [6.07, 6.45) is 0. The summed E-state index contributed by atoms with van der Waals surface area (Å²) >= 11 is 1.28. The summed E-state index contributed by atoms with van der Waals surface area (Å²) in [7, 11) is -3.56. The molecule has 1 fully saturated rings. The molecule has 8 nitrogen and oxygen atoms in total. The SMILES string of the molecule is CCN(CC)S(=O)(=O)c1ccc(C(=O)NCCN2CCN(c3nc4c(F)cc(F)cc4s3)CC2)cc1. The third-order valence-corrected chi connectivity index (χ3v) is 9.35. The second-order valence-corrected chi connectivity index (χ2v) is 11.4. The van der Waals surface area contributed by atoms with Gasteiger partial charge in [0.15, 0.2) is 10.9 Å². The van der Waals surface area contributed by atoms with E-state index in [0.29, 0.717) is 54.7 Å². The maximum atomic E-state index is 14.0. The van der Waals surface area contributed by atoms with E-state index in [9.17, 15) is 22.0 Å². The Hall–Kier alpha value is -2.67. The summed E-state index contributed by atoms with van der Waals surface area (Å²) in [6.45, 7) is 8.34. The molecule has 4 rings (SSSR count). The molecule has 1 amide bonds. The number of nitrogens with one attached hydrogen (secondary N) is 1. The summed E-state index contributed by atoms with van der Waals surface area (Å²) < 4.78 is 54.5. The monoisotopic (exact) mass is 537 g/mol. The summed E-state index contributed by atoms with van der Waals surface area (Å²) in [5, 5.41) is 3.56. The van der Waals surface area contributed by atoms with Crippen LogP contribution in [0.25, 0.3) is 10.2 Å². The lowest BCUT2D eigenvalue weighted by molar-refractivity contribution is 0.0947. The van der Waals surface area contributed by atoms with Gasteiger partial charge in [-0.1, -0.05) is 25.2 Å². The lowest BCUT2D eigenvalue weighted by Crippen LogP contribution is -2.48. The Morgan fingerprint density at radius 2 is 1.75 bits per heavy atom. The smallest absolute Gasteiger partial charge is 0.251 e. The molecule has 1 aliphatic heterocycles. The van der Waals surface area contributed by atoms with Gasteiger partial charge in [0, 0.05) is 64.0 Å². The highest BCUT2D eigenvalue weighted by molar-refractivity contribution is 7.89. The zero-order chi connectivity index (χ0) is 25.9. The molecular weight excluding hydrogens is 508 g/mol. The van der Waals surface area contributed by atoms with E-state index in [1.54, 1.807) is 13.8 Å². The Bertz CT molecular complexity index is 1320. The van der Waals surface area contributed by atoms with Crippen LogP contribution < -0.4 is 10.2 Å². The molecule has 36 heavy (non-hydrogen) atoms. The van der Waals surface area contributed by atoms with Crippen molar-refractivity contribution in [2.24, 2.45) is 0 Å². The Morgan fingerprint density at radius 3 is 2.39 bits per heavy atom. The summed E-state index contributed by atoms with van der Waals surface area (Å²) in [6, 6.07) is 8.12. The van der Waals surface area contributed by atoms with Gasteiger partial charge in [-0.3, -0.25) is 9.69 Å². The normalized spacial score (nSPS) is 15.1. The van der Waals surface area contributed by atoms with Crippen LogP contribution in [0.3, 0.4) is 0 Å². The number of sulfonamides is 1. The largest absolute Gasteiger partial charge is 0.351 e. The first kappa shape index (κ1) is 26.4. The summed E-state index contributed by atoms with van der Waals surface area (Å²) in [5.74, 6) is -1.52. The van der Waals surface area contributed by atoms with Crippen LogP contribution in [0.5, 0.6) is 0 Å². The van der Waals surface area contributed by atoms with Gasteiger partial charge in [0.25, 0.3) is 5.91 Å². The highest BCUT2D eigenvalue weighted by atomic mass is 32.2. The van der Waals surface area contributed by atoms with E-state index in [0.717, 1.165) is 19.2 Å². The van der Waals surface area contributed by atoms with Crippen LogP contribution in [-0.4, -0.2) is 80.9 Å². The van der Waals surface area contributed by atoms with Crippen molar-refractivity contribution in [2.45, 2.75) is 18.7 Å². The molecule has 0 unspecified atom stereocenters. The Labute approximate surface area is 213 Å². The first-order chi connectivity index (χ1) is 17.2. The number of rotatable bonds is 9. The van der Waals surface area contributed by atoms with Crippen LogP contribution in [0.1, 0.15) is 24.2 Å². The molecule has 1 saturated heterocycles. The van der Waals surface area contributed by atoms with Crippen molar-refractivity contribution in [1.82, 2.24) is 19.5 Å². The van der Waals surface area contributed by atoms with E-state index < -0.39 is 21.7 Å². The van der Waals surface area contributed by atoms with Crippen molar-refractivity contribution in [2.75, 3.05) is 57.3 Å². The number of amides is 1. The molecule has 194 valence electrons. The molecule has 0 atom stereocenters. The number of anilines is 1. The first-order valence-electron chi connectivity index (χ1n) is 11.8. The predicted molar refractivity (Wildman–Crippen MR) is 137 cm³/mol. The van der Waals surface area contributed by atoms with Crippen LogP contribution >= 0.6 is 11.3 Å². The minimum absolute atomic E-state index is 0.168. The van der Waals surface area contributed by atoms with Gasteiger partial charge >= 0.3 is 0 Å². The Kier molecular flexibility index (Phi) is 8.18. The second kappa shape index (κ2) is 11.2. The molecular formula is C24H29F2N5O3S2. The molecule has 12 heteroatoms. The molecule has 2 heterocycles. The molecule has 0 saturated carbocycles. The molecule has 1 N–H and O–H groups in total. The molecule has 0 radical (unpaired) electrons. The first-order valence-corrected chi connectivity index (χ1v) is 14.1. The van der Waals surface area contributed by atoms with Gasteiger partial charge in [0.05, 0.1) is 9.60 Å². The Morgan fingerprint density at radius 1 is 1.08 bits per heavy atom. The maximum Gasteiger partial charge on any atom is 0.251 e. The number of benzene rings is 2. The van der Waals surface area contributed by atoms with E-state index in [-0.39, 0.29) is 16.3 Å². The fourth-order valence-corrected chi connectivity index (χ4v) is 6.68. The van der Waals surface area contributed by atoms with Crippen LogP contribution in [0.4, 0.5) is 13.9 Å². The van der Waals surface area contributed by atoms with Crippen LogP contribution in [0.2, 0.25) is 0 Å². The average Bonchev–Trinajstić information content (AvgIpc) is 3.29. The summed E-state index contributed by atoms with van der Waals surface area (Å²) in [4.78, 5) is 21.3. The van der Waals surface area contributed by atoms with Crippen molar-refractivity contribution < 1.29 is 22.0 Å². The van der Waals surface area contributed by atoms with Gasteiger partial charge in [0.2, 0.25) is 10.0 Å². The van der Waals surface area contributed by atoms with Gasteiger partial charge in [-0.2, -0.15) is 4.31 Å². The molecule has 1 aromatic heterocycles. The van der Waals surface area contributed by atoms with Crippen LogP contribution in [-0.2, 0) is 10.0 Å². The van der Waals surface area contributed by atoms with Gasteiger partial charge in [-0.25, -0.2) is 22.2 Å². The number of fused-ring (bicyclic) bond motifs is 1. The number of carbonyl (C=O) groups is 1. The number of hydrogen-bond donors (Lipinski definition) is 1.